The third kappa shape index (κ3) is 4.08. The third-order valence-corrected chi connectivity index (χ3v) is 1.96. The molecule has 6 heteroatoms. The van der Waals surface area contributed by atoms with Crippen LogP contribution in [0.5, 0.6) is 0 Å². The van der Waals surface area contributed by atoms with Crippen LogP contribution in [0.1, 0.15) is 10.4 Å². The fourth-order valence-electron chi connectivity index (χ4n) is 1.18. The Balaban J connectivity index is 2.44. The second kappa shape index (κ2) is 6.93. The van der Waals surface area contributed by atoms with Crippen molar-refractivity contribution in [1.82, 2.24) is 5.32 Å². The topological polar surface area (TPSA) is 58.6 Å². The number of benzene rings is 1. The summed E-state index contributed by atoms with van der Waals surface area (Å²) in [6.45, 7) is 0.425. The highest BCUT2D eigenvalue weighted by Crippen LogP contribution is 2.10. The summed E-state index contributed by atoms with van der Waals surface area (Å²) in [5.41, 5.74) is -0.341. The largest absolute Gasteiger partial charge is 0.394 e. The highest BCUT2D eigenvalue weighted by Gasteiger charge is 2.14. The molecule has 0 atom stereocenters. The number of amides is 1. The highest BCUT2D eigenvalue weighted by atomic mass is 19.2. The first-order valence-electron chi connectivity index (χ1n) is 5.07. The van der Waals surface area contributed by atoms with Gasteiger partial charge in [-0.3, -0.25) is 4.79 Å². The van der Waals surface area contributed by atoms with Crippen LogP contribution in [0, 0.1) is 11.6 Å². The molecular weight excluding hydrogens is 232 g/mol. The van der Waals surface area contributed by atoms with Crippen LogP contribution in [0.2, 0.25) is 0 Å². The van der Waals surface area contributed by atoms with Gasteiger partial charge in [0.2, 0.25) is 0 Å². The maximum atomic E-state index is 13.2. The number of aliphatic hydroxyl groups excluding tert-OH is 1. The van der Waals surface area contributed by atoms with E-state index in [0.29, 0.717) is 0 Å². The van der Waals surface area contributed by atoms with E-state index in [1.165, 1.54) is 12.1 Å². The van der Waals surface area contributed by atoms with Crippen LogP contribution in [0.3, 0.4) is 0 Å². The van der Waals surface area contributed by atoms with Gasteiger partial charge in [-0.2, -0.15) is 0 Å². The first kappa shape index (κ1) is 13.5. The van der Waals surface area contributed by atoms with E-state index in [1.807, 2.05) is 0 Å². The van der Waals surface area contributed by atoms with Crippen molar-refractivity contribution in [2.75, 3.05) is 26.4 Å². The Morgan fingerprint density at radius 3 is 2.82 bits per heavy atom. The Bertz CT molecular complexity index is 385. The first-order valence-corrected chi connectivity index (χ1v) is 5.07. The summed E-state index contributed by atoms with van der Waals surface area (Å²) in [5, 5.41) is 10.8. The number of hydrogen-bond acceptors (Lipinski definition) is 3. The number of rotatable bonds is 6. The highest BCUT2D eigenvalue weighted by molar-refractivity contribution is 5.94. The van der Waals surface area contributed by atoms with E-state index in [0.717, 1.165) is 6.07 Å². The smallest absolute Gasteiger partial charge is 0.254 e. The molecule has 1 aromatic rings. The molecule has 94 valence electrons. The number of nitrogens with one attached hydrogen (secondary N) is 1. The summed E-state index contributed by atoms with van der Waals surface area (Å²) >= 11 is 0. The molecule has 1 rings (SSSR count). The normalized spacial score (nSPS) is 10.3. The Morgan fingerprint density at radius 1 is 1.35 bits per heavy atom. The fourth-order valence-corrected chi connectivity index (χ4v) is 1.18. The minimum atomic E-state index is -1.17. The number of carbonyl (C=O) groups is 1. The van der Waals surface area contributed by atoms with Crippen molar-refractivity contribution in [1.29, 1.82) is 0 Å². The second-order valence-corrected chi connectivity index (χ2v) is 3.19. The van der Waals surface area contributed by atoms with Crippen molar-refractivity contribution < 1.29 is 23.4 Å². The molecule has 1 amide bonds. The van der Waals surface area contributed by atoms with Gasteiger partial charge in [0.1, 0.15) is 0 Å². The van der Waals surface area contributed by atoms with Crippen molar-refractivity contribution in [3.8, 4) is 0 Å². The number of halogens is 2. The Kier molecular flexibility index (Phi) is 5.51. The van der Waals surface area contributed by atoms with Crippen LogP contribution < -0.4 is 5.32 Å². The van der Waals surface area contributed by atoms with Crippen LogP contribution in [-0.4, -0.2) is 37.4 Å². The van der Waals surface area contributed by atoms with E-state index < -0.39 is 17.5 Å². The maximum Gasteiger partial charge on any atom is 0.254 e. The van der Waals surface area contributed by atoms with E-state index >= 15 is 0 Å². The Hall–Kier alpha value is -1.53. The minimum absolute atomic E-state index is 0.105. The Labute approximate surface area is 97.2 Å². The zero-order valence-electron chi connectivity index (χ0n) is 9.08. The molecule has 0 fully saturated rings. The van der Waals surface area contributed by atoms with Gasteiger partial charge >= 0.3 is 0 Å². The van der Waals surface area contributed by atoms with Gasteiger partial charge in [0.25, 0.3) is 5.91 Å². The van der Waals surface area contributed by atoms with Gasteiger partial charge in [-0.15, -0.1) is 0 Å². The quantitative estimate of drug-likeness (QED) is 0.725. The molecule has 0 saturated carbocycles. The third-order valence-electron chi connectivity index (χ3n) is 1.96. The molecule has 0 aliphatic carbocycles. The van der Waals surface area contributed by atoms with Gasteiger partial charge in [0.05, 0.1) is 25.4 Å². The summed E-state index contributed by atoms with van der Waals surface area (Å²) in [6.07, 6.45) is 0. The van der Waals surface area contributed by atoms with E-state index in [9.17, 15) is 13.6 Å². The van der Waals surface area contributed by atoms with Crippen LogP contribution in [0.4, 0.5) is 8.78 Å². The predicted molar refractivity (Wildman–Crippen MR) is 56.6 cm³/mol. The molecule has 0 saturated heterocycles. The van der Waals surface area contributed by atoms with Crippen molar-refractivity contribution in [3.05, 3.63) is 35.4 Å². The van der Waals surface area contributed by atoms with Crippen LogP contribution >= 0.6 is 0 Å². The van der Waals surface area contributed by atoms with Gasteiger partial charge in [-0.25, -0.2) is 8.78 Å². The molecule has 0 aliphatic rings. The average Bonchev–Trinajstić information content (AvgIpc) is 2.32. The first-order chi connectivity index (χ1) is 8.16. The number of carbonyl (C=O) groups excluding carboxylic acids is 1. The average molecular weight is 245 g/mol. The molecule has 0 aromatic heterocycles. The van der Waals surface area contributed by atoms with Gasteiger partial charge in [-0.1, -0.05) is 6.07 Å². The van der Waals surface area contributed by atoms with Crippen LogP contribution in [-0.2, 0) is 4.74 Å². The van der Waals surface area contributed by atoms with Crippen molar-refractivity contribution in [3.63, 3.8) is 0 Å². The minimum Gasteiger partial charge on any atom is -0.394 e. The summed E-state index contributed by atoms with van der Waals surface area (Å²) in [4.78, 5) is 11.4. The zero-order chi connectivity index (χ0) is 12.7. The summed E-state index contributed by atoms with van der Waals surface area (Å²) in [6, 6.07) is 3.40. The lowest BCUT2D eigenvalue weighted by molar-refractivity contribution is 0.0835. The molecule has 17 heavy (non-hydrogen) atoms. The summed E-state index contributed by atoms with van der Waals surface area (Å²) in [7, 11) is 0. The Morgan fingerprint density at radius 2 is 2.12 bits per heavy atom. The molecule has 0 spiro atoms. The van der Waals surface area contributed by atoms with Gasteiger partial charge < -0.3 is 15.2 Å². The van der Waals surface area contributed by atoms with Crippen molar-refractivity contribution in [2.24, 2.45) is 0 Å². The molecule has 0 unspecified atom stereocenters. The van der Waals surface area contributed by atoms with Gasteiger partial charge in [0.15, 0.2) is 11.6 Å². The molecule has 0 heterocycles. The number of hydrogen-bond donors (Lipinski definition) is 2. The summed E-state index contributed by atoms with van der Waals surface area (Å²) in [5.74, 6) is -2.93. The molecule has 0 radical (unpaired) electrons. The van der Waals surface area contributed by atoms with E-state index in [-0.39, 0.29) is 31.9 Å². The molecular formula is C11H13F2NO3. The maximum absolute atomic E-state index is 13.2. The summed E-state index contributed by atoms with van der Waals surface area (Å²) < 4.78 is 30.9. The van der Waals surface area contributed by atoms with E-state index in [2.05, 4.69) is 5.32 Å². The lowest BCUT2D eigenvalue weighted by atomic mass is 10.2. The van der Waals surface area contributed by atoms with E-state index in [1.54, 1.807) is 0 Å². The number of aliphatic hydroxyl groups is 1. The number of ether oxygens (including phenoxy) is 1. The van der Waals surface area contributed by atoms with Gasteiger partial charge in [0, 0.05) is 6.54 Å². The van der Waals surface area contributed by atoms with Crippen molar-refractivity contribution in [2.45, 2.75) is 0 Å². The SMILES string of the molecule is O=C(NCCOCCO)c1cccc(F)c1F. The monoisotopic (exact) mass is 245 g/mol. The van der Waals surface area contributed by atoms with E-state index in [4.69, 9.17) is 9.84 Å². The second-order valence-electron chi connectivity index (χ2n) is 3.19. The van der Waals surface area contributed by atoms with Crippen molar-refractivity contribution >= 4 is 5.91 Å². The fraction of sp³-hybridized carbons (Fsp3) is 0.364. The standard InChI is InChI=1S/C11H13F2NO3/c12-9-3-1-2-8(10(9)13)11(16)14-4-6-17-7-5-15/h1-3,15H,4-7H2,(H,14,16). The lowest BCUT2D eigenvalue weighted by Crippen LogP contribution is -2.28. The van der Waals surface area contributed by atoms with Crippen LogP contribution in [0.25, 0.3) is 0 Å². The molecule has 1 aromatic carbocycles. The molecule has 2 N–H and O–H groups in total. The zero-order valence-corrected chi connectivity index (χ0v) is 9.08. The predicted octanol–water partition coefficient (Wildman–Crippen LogP) is 0.704. The van der Waals surface area contributed by atoms with Gasteiger partial charge in [-0.05, 0) is 12.1 Å². The van der Waals surface area contributed by atoms with Crippen LogP contribution in [0.15, 0.2) is 18.2 Å². The molecule has 0 bridgehead atoms. The molecule has 4 nitrogen and oxygen atoms in total. The molecule has 0 aliphatic heterocycles. The lowest BCUT2D eigenvalue weighted by Gasteiger charge is -2.06.